The summed E-state index contributed by atoms with van der Waals surface area (Å²) in [6.45, 7) is 1.77. The maximum Gasteiger partial charge on any atom is 0.117 e. The van der Waals surface area contributed by atoms with E-state index >= 15 is 0 Å². The number of pyridine rings is 1. The standard InChI is InChI=1S/C16H16N4S/c1-2-6-15-14(5-1)16(20-12-19-15)21-9-8-18-11-13-4-3-7-17-10-13/h1-7,10,12,18H,8-9,11H2. The minimum Gasteiger partial charge on any atom is -0.312 e. The molecule has 2 aromatic heterocycles. The molecule has 2 heterocycles. The summed E-state index contributed by atoms with van der Waals surface area (Å²) < 4.78 is 0. The number of fused-ring (bicyclic) bond motifs is 1. The van der Waals surface area contributed by atoms with Gasteiger partial charge in [-0.3, -0.25) is 4.98 Å². The molecule has 0 spiro atoms. The number of nitrogens with zero attached hydrogens (tertiary/aromatic N) is 3. The second-order valence-corrected chi connectivity index (χ2v) is 5.67. The third-order valence-electron chi connectivity index (χ3n) is 3.08. The van der Waals surface area contributed by atoms with E-state index in [4.69, 9.17) is 0 Å². The Morgan fingerprint density at radius 2 is 2.00 bits per heavy atom. The van der Waals surface area contributed by atoms with Crippen LogP contribution in [0.1, 0.15) is 5.56 Å². The highest BCUT2D eigenvalue weighted by molar-refractivity contribution is 7.99. The number of nitrogens with one attached hydrogen (secondary N) is 1. The van der Waals surface area contributed by atoms with Crippen LogP contribution >= 0.6 is 11.8 Å². The molecule has 0 amide bonds. The van der Waals surface area contributed by atoms with E-state index in [0.717, 1.165) is 34.8 Å². The van der Waals surface area contributed by atoms with Gasteiger partial charge in [0.2, 0.25) is 0 Å². The molecule has 3 rings (SSSR count). The van der Waals surface area contributed by atoms with E-state index in [9.17, 15) is 0 Å². The number of aromatic nitrogens is 3. The Morgan fingerprint density at radius 1 is 1.05 bits per heavy atom. The summed E-state index contributed by atoms with van der Waals surface area (Å²) in [6, 6.07) is 12.1. The fourth-order valence-electron chi connectivity index (χ4n) is 2.05. The zero-order valence-corrected chi connectivity index (χ0v) is 12.4. The van der Waals surface area contributed by atoms with Gasteiger partial charge in [-0.2, -0.15) is 0 Å². The minimum absolute atomic E-state index is 0.846. The van der Waals surface area contributed by atoms with Crippen LogP contribution in [0.25, 0.3) is 10.9 Å². The smallest absolute Gasteiger partial charge is 0.117 e. The Labute approximate surface area is 128 Å². The van der Waals surface area contributed by atoms with Crippen LogP contribution in [-0.4, -0.2) is 27.2 Å². The minimum atomic E-state index is 0.846. The Morgan fingerprint density at radius 3 is 2.90 bits per heavy atom. The van der Waals surface area contributed by atoms with Gasteiger partial charge in [0.25, 0.3) is 0 Å². The predicted molar refractivity (Wildman–Crippen MR) is 86.2 cm³/mol. The van der Waals surface area contributed by atoms with Crippen molar-refractivity contribution in [1.82, 2.24) is 20.3 Å². The molecule has 0 atom stereocenters. The van der Waals surface area contributed by atoms with Crippen molar-refractivity contribution in [3.05, 3.63) is 60.7 Å². The van der Waals surface area contributed by atoms with Crippen molar-refractivity contribution in [3.8, 4) is 0 Å². The average Bonchev–Trinajstić information content (AvgIpc) is 2.56. The molecule has 0 saturated heterocycles. The Balaban J connectivity index is 1.51. The van der Waals surface area contributed by atoms with Crippen LogP contribution in [-0.2, 0) is 6.54 Å². The molecule has 3 aromatic rings. The summed E-state index contributed by atoms with van der Waals surface area (Å²) in [7, 11) is 0. The quantitative estimate of drug-likeness (QED) is 0.430. The first-order chi connectivity index (χ1) is 10.4. The van der Waals surface area contributed by atoms with E-state index in [1.165, 1.54) is 5.56 Å². The van der Waals surface area contributed by atoms with E-state index in [0.29, 0.717) is 0 Å². The van der Waals surface area contributed by atoms with Crippen LogP contribution in [0.15, 0.2) is 60.1 Å². The third-order valence-corrected chi connectivity index (χ3v) is 4.08. The Bertz CT molecular complexity index is 697. The van der Waals surface area contributed by atoms with Crippen molar-refractivity contribution in [2.24, 2.45) is 0 Å². The molecular formula is C16H16N4S. The van der Waals surface area contributed by atoms with Gasteiger partial charge in [0.15, 0.2) is 0 Å². The summed E-state index contributed by atoms with van der Waals surface area (Å²) in [5.41, 5.74) is 2.20. The highest BCUT2D eigenvalue weighted by Gasteiger charge is 2.03. The largest absolute Gasteiger partial charge is 0.312 e. The summed E-state index contributed by atoms with van der Waals surface area (Å²) in [4.78, 5) is 12.8. The molecule has 0 aliphatic rings. The van der Waals surface area contributed by atoms with Crippen molar-refractivity contribution < 1.29 is 0 Å². The van der Waals surface area contributed by atoms with Crippen LogP contribution in [0, 0.1) is 0 Å². The Kier molecular flexibility index (Phi) is 4.76. The molecule has 0 aliphatic heterocycles. The maximum absolute atomic E-state index is 4.38. The first-order valence-electron chi connectivity index (χ1n) is 6.85. The molecule has 1 aromatic carbocycles. The number of hydrogen-bond donors (Lipinski definition) is 1. The molecule has 0 radical (unpaired) electrons. The number of para-hydroxylation sites is 1. The first-order valence-corrected chi connectivity index (χ1v) is 7.84. The lowest BCUT2D eigenvalue weighted by molar-refractivity contribution is 0.729. The predicted octanol–water partition coefficient (Wildman–Crippen LogP) is 2.91. The molecule has 106 valence electrons. The summed E-state index contributed by atoms with van der Waals surface area (Å²) in [5, 5.41) is 5.58. The van der Waals surface area contributed by atoms with E-state index in [-0.39, 0.29) is 0 Å². The van der Waals surface area contributed by atoms with Gasteiger partial charge in [-0.1, -0.05) is 24.3 Å². The SMILES string of the molecule is c1cncc(CNCCSc2ncnc3ccccc23)c1. The topological polar surface area (TPSA) is 50.7 Å². The van der Waals surface area contributed by atoms with Crippen molar-refractivity contribution in [1.29, 1.82) is 0 Å². The zero-order chi connectivity index (χ0) is 14.3. The molecule has 0 unspecified atom stereocenters. The van der Waals surface area contributed by atoms with Crippen molar-refractivity contribution in [2.45, 2.75) is 11.6 Å². The number of thioether (sulfide) groups is 1. The maximum atomic E-state index is 4.38. The molecular weight excluding hydrogens is 280 g/mol. The van der Waals surface area contributed by atoms with Gasteiger partial charge in [0, 0.05) is 36.6 Å². The highest BCUT2D eigenvalue weighted by Crippen LogP contribution is 2.23. The molecule has 1 N–H and O–H groups in total. The van der Waals surface area contributed by atoms with E-state index in [1.54, 1.807) is 24.3 Å². The normalized spacial score (nSPS) is 10.9. The van der Waals surface area contributed by atoms with E-state index in [1.807, 2.05) is 30.5 Å². The summed E-state index contributed by atoms with van der Waals surface area (Å²) >= 11 is 1.76. The number of hydrogen-bond acceptors (Lipinski definition) is 5. The second kappa shape index (κ2) is 7.15. The Hall–Kier alpha value is -1.98. The molecule has 4 nitrogen and oxygen atoms in total. The van der Waals surface area contributed by atoms with Crippen LogP contribution in [0.5, 0.6) is 0 Å². The van der Waals surface area contributed by atoms with Crippen LogP contribution in [0.4, 0.5) is 0 Å². The van der Waals surface area contributed by atoms with Crippen molar-refractivity contribution in [3.63, 3.8) is 0 Å². The number of benzene rings is 1. The summed E-state index contributed by atoms with van der Waals surface area (Å²) in [5.74, 6) is 0.973. The van der Waals surface area contributed by atoms with Gasteiger partial charge in [-0.25, -0.2) is 9.97 Å². The lowest BCUT2D eigenvalue weighted by atomic mass is 10.2. The van der Waals surface area contributed by atoms with Crippen LogP contribution < -0.4 is 5.32 Å². The van der Waals surface area contributed by atoms with Gasteiger partial charge in [-0.05, 0) is 17.7 Å². The van der Waals surface area contributed by atoms with Crippen LogP contribution in [0.3, 0.4) is 0 Å². The lowest BCUT2D eigenvalue weighted by Crippen LogP contribution is -2.16. The van der Waals surface area contributed by atoms with Crippen molar-refractivity contribution in [2.75, 3.05) is 12.3 Å². The fraction of sp³-hybridized carbons (Fsp3) is 0.188. The third kappa shape index (κ3) is 3.77. The zero-order valence-electron chi connectivity index (χ0n) is 11.6. The monoisotopic (exact) mass is 296 g/mol. The van der Waals surface area contributed by atoms with Gasteiger partial charge >= 0.3 is 0 Å². The second-order valence-electron chi connectivity index (χ2n) is 4.58. The molecule has 21 heavy (non-hydrogen) atoms. The van der Waals surface area contributed by atoms with Gasteiger partial charge < -0.3 is 5.32 Å². The van der Waals surface area contributed by atoms with E-state index < -0.39 is 0 Å². The summed E-state index contributed by atoms with van der Waals surface area (Å²) in [6.07, 6.45) is 5.31. The first kappa shape index (κ1) is 14.0. The molecule has 5 heteroatoms. The number of rotatable bonds is 6. The molecule has 0 fully saturated rings. The average molecular weight is 296 g/mol. The molecule has 0 aliphatic carbocycles. The van der Waals surface area contributed by atoms with Crippen molar-refractivity contribution >= 4 is 22.7 Å². The fourth-order valence-corrected chi connectivity index (χ4v) is 2.94. The van der Waals surface area contributed by atoms with E-state index in [2.05, 4.69) is 32.4 Å². The molecule has 0 saturated carbocycles. The van der Waals surface area contributed by atoms with Gasteiger partial charge in [0.05, 0.1) is 5.52 Å². The van der Waals surface area contributed by atoms with Crippen LogP contribution in [0.2, 0.25) is 0 Å². The molecule has 0 bridgehead atoms. The highest BCUT2D eigenvalue weighted by atomic mass is 32.2. The van der Waals surface area contributed by atoms with Gasteiger partial charge in [-0.15, -0.1) is 11.8 Å². The lowest BCUT2D eigenvalue weighted by Gasteiger charge is -2.06. The van der Waals surface area contributed by atoms with Gasteiger partial charge in [0.1, 0.15) is 11.4 Å².